The van der Waals surface area contributed by atoms with E-state index in [4.69, 9.17) is 5.73 Å². The maximum atomic E-state index is 12.0. The van der Waals surface area contributed by atoms with Crippen molar-refractivity contribution >= 4 is 5.91 Å². The predicted octanol–water partition coefficient (Wildman–Crippen LogP) is 1.67. The molecule has 3 N–H and O–H groups in total. The minimum absolute atomic E-state index is 0.161. The van der Waals surface area contributed by atoms with Gasteiger partial charge in [0.15, 0.2) is 0 Å². The van der Waals surface area contributed by atoms with Crippen molar-refractivity contribution in [2.45, 2.75) is 52.0 Å². The van der Waals surface area contributed by atoms with Gasteiger partial charge in [0.2, 0.25) is 5.91 Å². The van der Waals surface area contributed by atoms with Crippen LogP contribution in [0.4, 0.5) is 0 Å². The highest BCUT2D eigenvalue weighted by molar-refractivity contribution is 5.79. The smallest absolute Gasteiger partial charge is 0.223 e. The summed E-state index contributed by atoms with van der Waals surface area (Å²) in [6.07, 6.45) is 4.23. The molecule has 0 aromatic heterocycles. The maximum absolute atomic E-state index is 12.0. The Kier molecular flexibility index (Phi) is 4.14. The summed E-state index contributed by atoms with van der Waals surface area (Å²) in [6.45, 7) is 6.72. The largest absolute Gasteiger partial charge is 0.349 e. The van der Waals surface area contributed by atoms with Gasteiger partial charge in [0, 0.05) is 12.5 Å². The Morgan fingerprint density at radius 2 is 2.00 bits per heavy atom. The molecule has 1 saturated carbocycles. The molecule has 0 heterocycles. The number of amides is 1. The van der Waals surface area contributed by atoms with E-state index in [0.29, 0.717) is 12.5 Å². The molecule has 15 heavy (non-hydrogen) atoms. The average Bonchev–Trinajstić information content (AvgIpc) is 3.08. The lowest BCUT2D eigenvalue weighted by atomic mass is 9.91. The summed E-state index contributed by atoms with van der Waals surface area (Å²) >= 11 is 0. The van der Waals surface area contributed by atoms with Crippen molar-refractivity contribution in [3.05, 3.63) is 0 Å². The summed E-state index contributed by atoms with van der Waals surface area (Å²) in [4.78, 5) is 12.0. The summed E-state index contributed by atoms with van der Waals surface area (Å²) < 4.78 is 0. The molecule has 88 valence electrons. The van der Waals surface area contributed by atoms with Crippen molar-refractivity contribution in [2.24, 2.45) is 17.6 Å². The average molecular weight is 212 g/mol. The number of carbonyl (C=O) groups is 1. The molecule has 3 nitrogen and oxygen atoms in total. The van der Waals surface area contributed by atoms with E-state index in [1.807, 2.05) is 6.92 Å². The lowest BCUT2D eigenvalue weighted by Crippen LogP contribution is -2.54. The molecule has 1 rings (SSSR count). The zero-order chi connectivity index (χ0) is 11.5. The molecule has 1 aliphatic rings. The first-order valence-electron chi connectivity index (χ1n) is 6.10. The fourth-order valence-electron chi connectivity index (χ4n) is 1.95. The summed E-state index contributed by atoms with van der Waals surface area (Å²) in [5.74, 6) is 0.967. The van der Waals surface area contributed by atoms with Crippen LogP contribution >= 0.6 is 0 Å². The molecule has 1 amide bonds. The number of carbonyl (C=O) groups excluding carboxylic acids is 1. The van der Waals surface area contributed by atoms with Gasteiger partial charge < -0.3 is 11.1 Å². The maximum Gasteiger partial charge on any atom is 0.223 e. The third kappa shape index (κ3) is 2.94. The van der Waals surface area contributed by atoms with Gasteiger partial charge in [-0.05, 0) is 31.6 Å². The van der Waals surface area contributed by atoms with Crippen LogP contribution in [0.15, 0.2) is 0 Å². The molecule has 0 radical (unpaired) electrons. The van der Waals surface area contributed by atoms with E-state index in [0.717, 1.165) is 12.8 Å². The van der Waals surface area contributed by atoms with Crippen LogP contribution in [-0.4, -0.2) is 18.0 Å². The van der Waals surface area contributed by atoms with Gasteiger partial charge in [-0.15, -0.1) is 0 Å². The van der Waals surface area contributed by atoms with Crippen molar-refractivity contribution in [3.63, 3.8) is 0 Å². The monoisotopic (exact) mass is 212 g/mol. The summed E-state index contributed by atoms with van der Waals surface area (Å²) in [7, 11) is 0. The van der Waals surface area contributed by atoms with Gasteiger partial charge in [-0.25, -0.2) is 0 Å². The number of nitrogens with one attached hydrogen (secondary N) is 1. The van der Waals surface area contributed by atoms with Gasteiger partial charge >= 0.3 is 0 Å². The fourth-order valence-corrected chi connectivity index (χ4v) is 1.95. The summed E-state index contributed by atoms with van der Waals surface area (Å²) in [5, 5.41) is 3.14. The number of hydrogen-bond donors (Lipinski definition) is 2. The normalized spacial score (nSPS) is 18.7. The highest BCUT2D eigenvalue weighted by Crippen LogP contribution is 2.36. The van der Waals surface area contributed by atoms with Crippen molar-refractivity contribution in [2.75, 3.05) is 6.54 Å². The molecule has 1 aliphatic carbocycles. The molecule has 1 unspecified atom stereocenters. The SMILES string of the molecule is CCC(CC)(CN)NC(=O)C(C)C1CC1. The molecule has 0 bridgehead atoms. The van der Waals surface area contributed by atoms with Crippen molar-refractivity contribution in [1.29, 1.82) is 0 Å². The van der Waals surface area contributed by atoms with Crippen molar-refractivity contribution in [3.8, 4) is 0 Å². The van der Waals surface area contributed by atoms with E-state index in [2.05, 4.69) is 19.2 Å². The van der Waals surface area contributed by atoms with E-state index in [9.17, 15) is 4.79 Å². The Bertz CT molecular complexity index is 211. The molecule has 1 atom stereocenters. The minimum Gasteiger partial charge on any atom is -0.349 e. The fraction of sp³-hybridized carbons (Fsp3) is 0.917. The van der Waals surface area contributed by atoms with Crippen LogP contribution in [0.1, 0.15) is 46.5 Å². The van der Waals surface area contributed by atoms with Gasteiger partial charge in [0.25, 0.3) is 0 Å². The second kappa shape index (κ2) is 4.97. The molecule has 0 saturated heterocycles. The Morgan fingerprint density at radius 1 is 1.47 bits per heavy atom. The number of nitrogens with two attached hydrogens (primary N) is 1. The van der Waals surface area contributed by atoms with E-state index in [-0.39, 0.29) is 17.4 Å². The van der Waals surface area contributed by atoms with Crippen LogP contribution in [0.3, 0.4) is 0 Å². The van der Waals surface area contributed by atoms with Crippen molar-refractivity contribution < 1.29 is 4.79 Å². The highest BCUT2D eigenvalue weighted by Gasteiger charge is 2.35. The van der Waals surface area contributed by atoms with Gasteiger partial charge in [-0.3, -0.25) is 4.79 Å². The van der Waals surface area contributed by atoms with E-state index in [1.54, 1.807) is 0 Å². The third-order valence-electron chi connectivity index (χ3n) is 3.88. The van der Waals surface area contributed by atoms with Crippen molar-refractivity contribution in [1.82, 2.24) is 5.32 Å². The van der Waals surface area contributed by atoms with Crippen LogP contribution in [0.5, 0.6) is 0 Å². The van der Waals surface area contributed by atoms with Crippen LogP contribution in [0.2, 0.25) is 0 Å². The number of rotatable bonds is 6. The van der Waals surface area contributed by atoms with E-state index < -0.39 is 0 Å². The molecule has 3 heteroatoms. The Balaban J connectivity index is 2.52. The Hall–Kier alpha value is -0.570. The molecule has 0 spiro atoms. The van der Waals surface area contributed by atoms with Crippen LogP contribution in [0, 0.1) is 11.8 Å². The van der Waals surface area contributed by atoms with Crippen LogP contribution in [0.25, 0.3) is 0 Å². The lowest BCUT2D eigenvalue weighted by molar-refractivity contribution is -0.127. The molecular formula is C12H24N2O. The predicted molar refractivity (Wildman–Crippen MR) is 62.4 cm³/mol. The summed E-state index contributed by atoms with van der Waals surface area (Å²) in [6, 6.07) is 0. The standard InChI is InChI=1S/C12H24N2O/c1-4-12(5-2,8-13)14-11(15)9(3)10-6-7-10/h9-10H,4-8,13H2,1-3H3,(H,14,15). The zero-order valence-corrected chi connectivity index (χ0v) is 10.2. The van der Waals surface area contributed by atoms with Crippen LogP contribution < -0.4 is 11.1 Å². The molecule has 1 fully saturated rings. The van der Waals surface area contributed by atoms with Crippen LogP contribution in [-0.2, 0) is 4.79 Å². The van der Waals surface area contributed by atoms with Gasteiger partial charge in [0.05, 0.1) is 5.54 Å². The Labute approximate surface area is 92.8 Å². The van der Waals surface area contributed by atoms with E-state index in [1.165, 1.54) is 12.8 Å². The molecule has 0 aliphatic heterocycles. The molecule has 0 aromatic rings. The first kappa shape index (κ1) is 12.5. The second-order valence-electron chi connectivity index (χ2n) is 4.81. The van der Waals surface area contributed by atoms with Gasteiger partial charge in [-0.1, -0.05) is 20.8 Å². The number of hydrogen-bond acceptors (Lipinski definition) is 2. The van der Waals surface area contributed by atoms with Gasteiger partial charge in [0.1, 0.15) is 0 Å². The third-order valence-corrected chi connectivity index (χ3v) is 3.88. The summed E-state index contributed by atoms with van der Waals surface area (Å²) in [5.41, 5.74) is 5.57. The minimum atomic E-state index is -0.180. The van der Waals surface area contributed by atoms with Gasteiger partial charge in [-0.2, -0.15) is 0 Å². The Morgan fingerprint density at radius 3 is 2.33 bits per heavy atom. The highest BCUT2D eigenvalue weighted by atomic mass is 16.2. The topological polar surface area (TPSA) is 55.1 Å². The molecule has 0 aromatic carbocycles. The second-order valence-corrected chi connectivity index (χ2v) is 4.81. The molecular weight excluding hydrogens is 188 g/mol. The quantitative estimate of drug-likeness (QED) is 0.703. The zero-order valence-electron chi connectivity index (χ0n) is 10.2. The van der Waals surface area contributed by atoms with E-state index >= 15 is 0 Å². The first-order chi connectivity index (χ1) is 7.08. The first-order valence-corrected chi connectivity index (χ1v) is 6.10. The lowest BCUT2D eigenvalue weighted by Gasteiger charge is -2.32.